The molecule has 1 unspecified atom stereocenters. The lowest BCUT2D eigenvalue weighted by molar-refractivity contribution is -0.384. The van der Waals surface area contributed by atoms with Gasteiger partial charge < -0.3 is 14.8 Å². The second-order valence-corrected chi connectivity index (χ2v) is 6.63. The highest BCUT2D eigenvalue weighted by Crippen LogP contribution is 2.28. The van der Waals surface area contributed by atoms with Crippen LogP contribution in [0.2, 0.25) is 0 Å². The molecule has 1 atom stereocenters. The quantitative estimate of drug-likeness (QED) is 0.304. The van der Waals surface area contributed by atoms with Crippen molar-refractivity contribution in [1.29, 1.82) is 0 Å². The zero-order valence-corrected chi connectivity index (χ0v) is 16.7. The molecule has 0 bridgehead atoms. The van der Waals surface area contributed by atoms with E-state index in [0.29, 0.717) is 22.7 Å². The van der Waals surface area contributed by atoms with E-state index in [-0.39, 0.29) is 23.9 Å². The predicted molar refractivity (Wildman–Crippen MR) is 114 cm³/mol. The molecule has 0 fully saturated rings. The Kier molecular flexibility index (Phi) is 6.64. The number of nitro benzene ring substituents is 1. The molecule has 0 saturated carbocycles. The van der Waals surface area contributed by atoms with Crippen molar-refractivity contribution < 1.29 is 19.2 Å². The Morgan fingerprint density at radius 3 is 2.13 bits per heavy atom. The van der Waals surface area contributed by atoms with Crippen molar-refractivity contribution in [2.24, 2.45) is 0 Å². The van der Waals surface area contributed by atoms with Crippen LogP contribution >= 0.6 is 0 Å². The fourth-order valence-electron chi connectivity index (χ4n) is 3.08. The maximum atomic E-state index is 12.9. The van der Waals surface area contributed by atoms with Crippen LogP contribution in [0.15, 0.2) is 72.8 Å². The lowest BCUT2D eigenvalue weighted by Gasteiger charge is -2.20. The molecule has 0 aliphatic heterocycles. The van der Waals surface area contributed by atoms with Crippen molar-refractivity contribution >= 4 is 17.2 Å². The summed E-state index contributed by atoms with van der Waals surface area (Å²) >= 11 is 0. The summed E-state index contributed by atoms with van der Waals surface area (Å²) in [5, 5.41) is 14.4. The molecule has 0 saturated heterocycles. The van der Waals surface area contributed by atoms with Crippen LogP contribution in [0.1, 0.15) is 28.4 Å². The average molecular weight is 406 g/mol. The van der Waals surface area contributed by atoms with E-state index in [1.54, 1.807) is 50.6 Å². The number of rotatable bonds is 9. The van der Waals surface area contributed by atoms with Gasteiger partial charge in [-0.2, -0.15) is 0 Å². The molecule has 3 aromatic carbocycles. The highest BCUT2D eigenvalue weighted by molar-refractivity contribution is 5.96. The van der Waals surface area contributed by atoms with Gasteiger partial charge in [-0.05, 0) is 48.0 Å². The van der Waals surface area contributed by atoms with E-state index in [9.17, 15) is 14.9 Å². The van der Waals surface area contributed by atoms with Gasteiger partial charge in [0.2, 0.25) is 0 Å². The molecular formula is C23H22N2O5. The Balaban J connectivity index is 1.87. The normalized spacial score (nSPS) is 11.4. The van der Waals surface area contributed by atoms with Crippen LogP contribution in [0.4, 0.5) is 11.4 Å². The summed E-state index contributed by atoms with van der Waals surface area (Å²) in [4.78, 5) is 23.5. The van der Waals surface area contributed by atoms with Crippen LogP contribution in [0.5, 0.6) is 11.5 Å². The Hall–Kier alpha value is -3.87. The molecule has 0 aliphatic rings. The highest BCUT2D eigenvalue weighted by atomic mass is 16.6. The molecule has 0 spiro atoms. The standard InChI is InChI=1S/C23H22N2O5/c1-29-20-10-6-16(7-11-20)22(24-18-4-3-5-19(14-18)25(27)28)15-23(26)17-8-12-21(30-2)13-9-17/h3-14,22,24H,15H2,1-2H3. The number of carbonyl (C=O) groups excluding carboxylic acids is 1. The van der Waals surface area contributed by atoms with Gasteiger partial charge in [-0.15, -0.1) is 0 Å². The van der Waals surface area contributed by atoms with Crippen molar-refractivity contribution in [2.75, 3.05) is 19.5 Å². The van der Waals surface area contributed by atoms with Gasteiger partial charge in [-0.3, -0.25) is 14.9 Å². The smallest absolute Gasteiger partial charge is 0.271 e. The van der Waals surface area contributed by atoms with E-state index in [4.69, 9.17) is 9.47 Å². The monoisotopic (exact) mass is 406 g/mol. The van der Waals surface area contributed by atoms with Crippen LogP contribution in [-0.4, -0.2) is 24.9 Å². The first-order valence-corrected chi connectivity index (χ1v) is 9.32. The molecular weight excluding hydrogens is 384 g/mol. The Bertz CT molecular complexity index is 1020. The van der Waals surface area contributed by atoms with Gasteiger partial charge in [0.1, 0.15) is 11.5 Å². The number of ether oxygens (including phenoxy) is 2. The number of methoxy groups -OCH3 is 2. The second-order valence-electron chi connectivity index (χ2n) is 6.63. The number of nitro groups is 1. The summed E-state index contributed by atoms with van der Waals surface area (Å²) in [5.41, 5.74) is 1.97. The number of carbonyl (C=O) groups is 1. The summed E-state index contributed by atoms with van der Waals surface area (Å²) in [6.07, 6.45) is 0.168. The maximum absolute atomic E-state index is 12.9. The largest absolute Gasteiger partial charge is 0.497 e. The fraction of sp³-hybridized carbons (Fsp3) is 0.174. The zero-order chi connectivity index (χ0) is 21.5. The van der Waals surface area contributed by atoms with Gasteiger partial charge in [-0.1, -0.05) is 18.2 Å². The molecule has 7 nitrogen and oxygen atoms in total. The molecule has 1 N–H and O–H groups in total. The van der Waals surface area contributed by atoms with Gasteiger partial charge in [0.25, 0.3) is 5.69 Å². The van der Waals surface area contributed by atoms with E-state index in [1.165, 1.54) is 12.1 Å². The van der Waals surface area contributed by atoms with Crippen LogP contribution in [0.25, 0.3) is 0 Å². The molecule has 0 amide bonds. The minimum absolute atomic E-state index is 0.0186. The van der Waals surface area contributed by atoms with E-state index in [2.05, 4.69) is 5.32 Å². The maximum Gasteiger partial charge on any atom is 0.271 e. The van der Waals surface area contributed by atoms with Crippen molar-refractivity contribution in [3.05, 3.63) is 94.0 Å². The first kappa shape index (κ1) is 20.9. The van der Waals surface area contributed by atoms with Gasteiger partial charge in [0, 0.05) is 29.8 Å². The van der Waals surface area contributed by atoms with Crippen LogP contribution < -0.4 is 14.8 Å². The molecule has 154 valence electrons. The summed E-state index contributed by atoms with van der Waals surface area (Å²) in [6.45, 7) is 0. The van der Waals surface area contributed by atoms with Gasteiger partial charge in [-0.25, -0.2) is 0 Å². The molecule has 0 heterocycles. The lowest BCUT2D eigenvalue weighted by Crippen LogP contribution is -2.16. The SMILES string of the molecule is COc1ccc(C(=O)CC(Nc2cccc([N+](=O)[O-])c2)c2ccc(OC)cc2)cc1. The van der Waals surface area contributed by atoms with E-state index in [1.807, 2.05) is 24.3 Å². The third kappa shape index (κ3) is 5.14. The minimum Gasteiger partial charge on any atom is -0.497 e. The third-order valence-corrected chi connectivity index (χ3v) is 4.72. The number of nitrogens with one attached hydrogen (secondary N) is 1. The van der Waals surface area contributed by atoms with Gasteiger partial charge in [0.15, 0.2) is 5.78 Å². The number of ketones is 1. The Labute approximate surface area is 174 Å². The summed E-state index contributed by atoms with van der Waals surface area (Å²) in [7, 11) is 3.15. The first-order chi connectivity index (χ1) is 14.5. The third-order valence-electron chi connectivity index (χ3n) is 4.72. The molecule has 7 heteroatoms. The van der Waals surface area contributed by atoms with Crippen molar-refractivity contribution in [3.8, 4) is 11.5 Å². The summed E-state index contributed by atoms with van der Waals surface area (Å²) in [6, 6.07) is 20.1. The molecule has 0 radical (unpaired) electrons. The van der Waals surface area contributed by atoms with Crippen LogP contribution in [0, 0.1) is 10.1 Å². The highest BCUT2D eigenvalue weighted by Gasteiger charge is 2.19. The summed E-state index contributed by atoms with van der Waals surface area (Å²) in [5.74, 6) is 1.32. The number of anilines is 1. The Morgan fingerprint density at radius 2 is 1.57 bits per heavy atom. The molecule has 30 heavy (non-hydrogen) atoms. The number of hydrogen-bond acceptors (Lipinski definition) is 6. The molecule has 3 aromatic rings. The Morgan fingerprint density at radius 1 is 0.967 bits per heavy atom. The number of benzene rings is 3. The predicted octanol–water partition coefficient (Wildman–Crippen LogP) is 5.04. The fourth-order valence-corrected chi connectivity index (χ4v) is 3.08. The number of nitrogens with zero attached hydrogens (tertiary/aromatic N) is 1. The van der Waals surface area contributed by atoms with E-state index in [0.717, 1.165) is 5.56 Å². The topological polar surface area (TPSA) is 90.7 Å². The molecule has 3 rings (SSSR count). The van der Waals surface area contributed by atoms with Gasteiger partial charge >= 0.3 is 0 Å². The zero-order valence-electron chi connectivity index (χ0n) is 16.7. The summed E-state index contributed by atoms with van der Waals surface area (Å²) < 4.78 is 10.3. The minimum atomic E-state index is -0.448. The number of non-ortho nitro benzene ring substituents is 1. The van der Waals surface area contributed by atoms with E-state index >= 15 is 0 Å². The lowest BCUT2D eigenvalue weighted by atomic mass is 9.97. The van der Waals surface area contributed by atoms with Crippen molar-refractivity contribution in [3.63, 3.8) is 0 Å². The number of Topliss-reactive ketones (excluding diaryl/α,β-unsaturated/α-hetero) is 1. The van der Waals surface area contributed by atoms with Crippen LogP contribution in [-0.2, 0) is 0 Å². The molecule has 0 aliphatic carbocycles. The van der Waals surface area contributed by atoms with E-state index < -0.39 is 4.92 Å². The number of hydrogen-bond donors (Lipinski definition) is 1. The van der Waals surface area contributed by atoms with Crippen LogP contribution in [0.3, 0.4) is 0 Å². The second kappa shape index (κ2) is 9.56. The average Bonchev–Trinajstić information content (AvgIpc) is 2.79. The van der Waals surface area contributed by atoms with Gasteiger partial charge in [0.05, 0.1) is 25.2 Å². The van der Waals surface area contributed by atoms with Crippen molar-refractivity contribution in [2.45, 2.75) is 12.5 Å². The first-order valence-electron chi connectivity index (χ1n) is 9.32. The van der Waals surface area contributed by atoms with Crippen molar-refractivity contribution in [1.82, 2.24) is 0 Å². The molecule has 0 aromatic heterocycles.